The Morgan fingerprint density at radius 3 is 2.55 bits per heavy atom. The largest absolute Gasteiger partial charge is 0.504 e. The van der Waals surface area contributed by atoms with Gasteiger partial charge >= 0.3 is 17.9 Å². The molecular weight excluding hydrogens is 816 g/mol. The van der Waals surface area contributed by atoms with Gasteiger partial charge in [-0.3, -0.25) is 24.7 Å². The van der Waals surface area contributed by atoms with E-state index in [9.17, 15) is 24.8 Å². The van der Waals surface area contributed by atoms with Crippen molar-refractivity contribution >= 4 is 41.3 Å². The molecule has 2 saturated heterocycles. The Morgan fingerprint density at radius 1 is 1.05 bits per heavy atom. The number of halogens is 1. The van der Waals surface area contributed by atoms with E-state index in [0.29, 0.717) is 70.2 Å². The summed E-state index contributed by atoms with van der Waals surface area (Å²) in [6.45, 7) is 5.16. The number of aryl methyl sites for hydroxylation is 1. The quantitative estimate of drug-likeness (QED) is 0.196. The molecule has 0 amide bonds. The number of likely N-dealkylation sites (N-methyl/N-ethyl adjacent to an activating group) is 1. The van der Waals surface area contributed by atoms with Gasteiger partial charge in [-0.05, 0) is 68.1 Å². The Balaban J connectivity index is 1.29. The molecule has 3 aromatic carbocycles. The topological polar surface area (TPSA) is 178 Å². The number of rotatable bonds is 6. The van der Waals surface area contributed by atoms with Crippen LogP contribution in [0.25, 0.3) is 0 Å². The minimum absolute atomic E-state index is 0.00582. The van der Waals surface area contributed by atoms with Crippen LogP contribution in [0.15, 0.2) is 18.2 Å². The van der Waals surface area contributed by atoms with Gasteiger partial charge < -0.3 is 38.3 Å². The Labute approximate surface area is 356 Å². The van der Waals surface area contributed by atoms with E-state index >= 15 is 0 Å². The normalized spacial score (nSPS) is 27.4. The highest BCUT2D eigenvalue weighted by Gasteiger charge is 2.62. The molecule has 1 unspecified atom stereocenters. The van der Waals surface area contributed by atoms with Gasteiger partial charge in [0, 0.05) is 59.4 Å². The van der Waals surface area contributed by atoms with E-state index in [0.717, 1.165) is 16.7 Å². The molecule has 7 heterocycles. The highest BCUT2D eigenvalue weighted by Crippen LogP contribution is 2.64. The van der Waals surface area contributed by atoms with Crippen LogP contribution < -0.4 is 33.7 Å². The SMILES string of the molecule is COc1cc2c(cc1OC(=O)CCCl)CCN[C@]21CS[C@@H]2c3c(OC(C)=O)c(C)c4c(c3[C@H](COC1=O)N1C2[C@H]2c3c(cc(C)c(OC)c3O)C[C@@H]([C@@H]1C#N)N2C)OCO4. The number of nitrogens with zero attached hydrogens (tertiary/aromatic N) is 3. The molecule has 2 fully saturated rings. The van der Waals surface area contributed by atoms with Gasteiger partial charge in [-0.25, -0.2) is 4.79 Å². The third-order valence-electron chi connectivity index (χ3n) is 12.9. The second-order valence-corrected chi connectivity index (χ2v) is 17.5. The molecule has 60 heavy (non-hydrogen) atoms. The summed E-state index contributed by atoms with van der Waals surface area (Å²) in [6, 6.07) is 5.24. The highest BCUT2D eigenvalue weighted by molar-refractivity contribution is 7.99. The molecule has 15 nitrogen and oxygen atoms in total. The Bertz CT molecular complexity index is 2390. The van der Waals surface area contributed by atoms with E-state index in [1.165, 1.54) is 32.9 Å². The van der Waals surface area contributed by atoms with E-state index in [2.05, 4.69) is 21.2 Å². The van der Waals surface area contributed by atoms with Crippen LogP contribution >= 0.6 is 23.4 Å². The number of thioether (sulfide) groups is 1. The monoisotopic (exact) mass is 860 g/mol. The van der Waals surface area contributed by atoms with Gasteiger partial charge in [0.25, 0.3) is 0 Å². The average molecular weight is 861 g/mol. The fourth-order valence-electron chi connectivity index (χ4n) is 10.5. The number of phenols is 1. The number of phenolic OH excluding ortho intramolecular Hbond substituents is 1. The van der Waals surface area contributed by atoms with Crippen LogP contribution in [-0.2, 0) is 37.5 Å². The van der Waals surface area contributed by atoms with Crippen LogP contribution in [0.3, 0.4) is 0 Å². The number of hydrogen-bond acceptors (Lipinski definition) is 16. The molecule has 10 rings (SSSR count). The van der Waals surface area contributed by atoms with Crippen LogP contribution in [-0.4, -0.2) is 104 Å². The smallest absolute Gasteiger partial charge is 0.331 e. The van der Waals surface area contributed by atoms with E-state index in [1.807, 2.05) is 27.0 Å². The zero-order valence-corrected chi connectivity index (χ0v) is 35.6. The van der Waals surface area contributed by atoms with Gasteiger partial charge in [0.1, 0.15) is 18.4 Å². The van der Waals surface area contributed by atoms with Crippen LogP contribution in [0.2, 0.25) is 0 Å². The number of carbonyl (C=O) groups is 3. The van der Waals surface area contributed by atoms with Gasteiger partial charge in [-0.2, -0.15) is 5.26 Å². The van der Waals surface area contributed by atoms with Crippen LogP contribution in [0, 0.1) is 25.2 Å². The first-order chi connectivity index (χ1) is 28.9. The maximum absolute atomic E-state index is 15.0. The third kappa shape index (κ3) is 5.91. The van der Waals surface area contributed by atoms with Crippen molar-refractivity contribution in [2.24, 2.45) is 0 Å². The minimum atomic E-state index is -1.43. The van der Waals surface area contributed by atoms with Crippen LogP contribution in [0.1, 0.15) is 75.2 Å². The number of nitrogens with one attached hydrogen (secondary N) is 1. The molecule has 7 atom stereocenters. The summed E-state index contributed by atoms with van der Waals surface area (Å²) in [6.07, 6.45) is 0.989. The number of hydrogen-bond donors (Lipinski definition) is 2. The molecule has 1 spiro atoms. The van der Waals surface area contributed by atoms with E-state index in [1.54, 1.807) is 12.1 Å². The molecule has 0 saturated carbocycles. The fraction of sp³-hybridized carbons (Fsp3) is 0.488. The number of benzene rings is 3. The number of methoxy groups -OCH3 is 2. The van der Waals surface area contributed by atoms with Crippen molar-refractivity contribution in [3.63, 3.8) is 0 Å². The van der Waals surface area contributed by atoms with Gasteiger partial charge in [0.2, 0.25) is 6.79 Å². The molecule has 316 valence electrons. The van der Waals surface area contributed by atoms with Gasteiger partial charge in [0.05, 0.1) is 44.0 Å². The second kappa shape index (κ2) is 15.2. The molecule has 4 bridgehead atoms. The number of piperazine rings is 1. The molecular formula is C43H45ClN4O11S. The summed E-state index contributed by atoms with van der Waals surface area (Å²) in [5, 5.41) is 26.2. The maximum Gasteiger partial charge on any atom is 0.331 e. The zero-order chi connectivity index (χ0) is 42.4. The molecule has 7 aliphatic heterocycles. The van der Waals surface area contributed by atoms with Crippen molar-refractivity contribution < 1.29 is 52.6 Å². The predicted octanol–water partition coefficient (Wildman–Crippen LogP) is 4.82. The molecule has 3 aromatic rings. The van der Waals surface area contributed by atoms with Crippen molar-refractivity contribution in [1.82, 2.24) is 15.1 Å². The number of ether oxygens (including phenoxy) is 7. The maximum atomic E-state index is 15.0. The lowest BCUT2D eigenvalue weighted by Crippen LogP contribution is -2.69. The summed E-state index contributed by atoms with van der Waals surface area (Å²) in [7, 11) is 4.97. The van der Waals surface area contributed by atoms with Crippen LogP contribution in [0.5, 0.6) is 40.2 Å². The van der Waals surface area contributed by atoms with Gasteiger partial charge in [-0.15, -0.1) is 23.4 Å². The number of aromatic hydroxyl groups is 1. The lowest BCUT2D eigenvalue weighted by molar-refractivity contribution is -0.157. The lowest BCUT2D eigenvalue weighted by Gasteiger charge is -2.62. The van der Waals surface area contributed by atoms with E-state index < -0.39 is 52.9 Å². The number of fused-ring (bicyclic) bond motifs is 9. The molecule has 0 radical (unpaired) electrons. The molecule has 7 aliphatic rings. The van der Waals surface area contributed by atoms with Crippen molar-refractivity contribution in [1.29, 1.82) is 5.26 Å². The molecule has 17 heteroatoms. The lowest BCUT2D eigenvalue weighted by atomic mass is 9.71. The first-order valence-corrected chi connectivity index (χ1v) is 21.4. The van der Waals surface area contributed by atoms with Gasteiger partial charge in [0.15, 0.2) is 40.0 Å². The average Bonchev–Trinajstić information content (AvgIpc) is 3.71. The summed E-state index contributed by atoms with van der Waals surface area (Å²) in [5.41, 5.74) is 4.19. The standard InChI is InChI=1S/C43H45ClN4O11S/c1-19-11-23-12-25-26(15-45)48-27-16-55-42(52)43(24-14-28(53-5)29(59-30(50)7-9-44)13-22(24)8-10-46-43)17-60-41(35(48)34(47(25)4)31(23)36(51)37(19)54-6)33-32(27)40-39(56-18-57-40)20(2)38(33)58-21(3)49/h11,13-14,25-27,34-35,41,46,51H,7-10,12,16-18H2,1-6H3/t25-,26-,27-,34+,35?,41+,43+/m0/s1. The fourth-order valence-corrected chi connectivity index (χ4v) is 12.3. The number of carbonyl (C=O) groups excluding carboxylic acids is 3. The summed E-state index contributed by atoms with van der Waals surface area (Å²) in [4.78, 5) is 44.9. The Kier molecular flexibility index (Phi) is 10.3. The van der Waals surface area contributed by atoms with E-state index in [4.69, 9.17) is 44.8 Å². The number of alkyl halides is 1. The Hall–Kier alpha value is -4.92. The van der Waals surface area contributed by atoms with E-state index in [-0.39, 0.29) is 54.7 Å². The van der Waals surface area contributed by atoms with Crippen molar-refractivity contribution in [2.75, 3.05) is 52.8 Å². The van der Waals surface area contributed by atoms with Gasteiger partial charge in [-0.1, -0.05) is 6.07 Å². The second-order valence-electron chi connectivity index (χ2n) is 16.0. The summed E-state index contributed by atoms with van der Waals surface area (Å²) < 4.78 is 42.1. The Morgan fingerprint density at radius 2 is 1.83 bits per heavy atom. The minimum Gasteiger partial charge on any atom is -0.504 e. The van der Waals surface area contributed by atoms with Crippen LogP contribution in [0.4, 0.5) is 0 Å². The predicted molar refractivity (Wildman–Crippen MR) is 217 cm³/mol. The van der Waals surface area contributed by atoms with Crippen molar-refractivity contribution in [2.45, 2.75) is 81.0 Å². The third-order valence-corrected chi connectivity index (χ3v) is 14.6. The molecule has 2 N–H and O–H groups in total. The first kappa shape index (κ1) is 40.5. The first-order valence-electron chi connectivity index (χ1n) is 19.8. The van der Waals surface area contributed by atoms with Crippen molar-refractivity contribution in [3.05, 3.63) is 62.7 Å². The molecule has 0 aromatic heterocycles. The summed E-state index contributed by atoms with van der Waals surface area (Å²) in [5.74, 6) is 0.646. The highest BCUT2D eigenvalue weighted by atomic mass is 35.5. The zero-order valence-electron chi connectivity index (χ0n) is 34.0. The van der Waals surface area contributed by atoms with Crippen molar-refractivity contribution in [3.8, 4) is 46.3 Å². The summed E-state index contributed by atoms with van der Waals surface area (Å²) >= 11 is 7.28. The number of nitriles is 1. The molecule has 0 aliphatic carbocycles. The number of esters is 3.